The Bertz CT molecular complexity index is 331. The number of rotatable bonds is 3. The largest absolute Gasteiger partial charge is 0.294 e. The van der Waals surface area contributed by atoms with E-state index in [1.54, 1.807) is 0 Å². The van der Waals surface area contributed by atoms with Crippen LogP contribution in [0.5, 0.6) is 0 Å². The van der Waals surface area contributed by atoms with Crippen molar-refractivity contribution in [2.45, 2.75) is 32.6 Å². The third kappa shape index (κ3) is 1.87. The Morgan fingerprint density at radius 2 is 1.79 bits per heavy atom. The first-order chi connectivity index (χ1) is 6.68. The molecule has 0 bridgehead atoms. The number of ketones is 1. The predicted molar refractivity (Wildman–Crippen MR) is 57.6 cm³/mol. The zero-order chi connectivity index (χ0) is 10.1. The van der Waals surface area contributed by atoms with E-state index < -0.39 is 0 Å². The van der Waals surface area contributed by atoms with Crippen molar-refractivity contribution in [1.82, 2.24) is 0 Å². The number of hydrogen-bond acceptors (Lipinski definition) is 1. The quantitative estimate of drug-likeness (QED) is 0.664. The third-order valence-corrected chi connectivity index (χ3v) is 2.81. The van der Waals surface area contributed by atoms with Crippen molar-refractivity contribution in [3.8, 4) is 0 Å². The van der Waals surface area contributed by atoms with Crippen LogP contribution in [0.25, 0.3) is 0 Å². The summed E-state index contributed by atoms with van der Waals surface area (Å²) in [5, 5.41) is 0. The molecule has 14 heavy (non-hydrogen) atoms. The Labute approximate surface area is 85.1 Å². The maximum Gasteiger partial charge on any atom is 0.165 e. The molecular formula is C13H16O. The van der Waals surface area contributed by atoms with Gasteiger partial charge in [-0.3, -0.25) is 4.79 Å². The Kier molecular flexibility index (Phi) is 2.40. The monoisotopic (exact) mass is 188 g/mol. The molecular weight excluding hydrogens is 172 g/mol. The van der Waals surface area contributed by atoms with Gasteiger partial charge in [-0.1, -0.05) is 38.1 Å². The molecule has 1 nitrogen and oxygen atoms in total. The van der Waals surface area contributed by atoms with Crippen LogP contribution in [0.4, 0.5) is 0 Å². The van der Waals surface area contributed by atoms with Gasteiger partial charge in [-0.2, -0.15) is 0 Å². The van der Waals surface area contributed by atoms with E-state index in [9.17, 15) is 4.79 Å². The average molecular weight is 188 g/mol. The number of carbonyl (C=O) groups is 1. The molecule has 0 unspecified atom stereocenters. The van der Waals surface area contributed by atoms with E-state index in [1.165, 1.54) is 5.56 Å². The molecule has 0 saturated heterocycles. The van der Waals surface area contributed by atoms with Crippen LogP contribution >= 0.6 is 0 Å². The van der Waals surface area contributed by atoms with Gasteiger partial charge in [-0.15, -0.1) is 0 Å². The second kappa shape index (κ2) is 3.56. The summed E-state index contributed by atoms with van der Waals surface area (Å²) >= 11 is 0. The molecule has 0 spiro atoms. The lowest BCUT2D eigenvalue weighted by atomic mass is 9.99. The molecule has 0 heterocycles. The van der Waals surface area contributed by atoms with E-state index in [0.717, 1.165) is 18.4 Å². The van der Waals surface area contributed by atoms with Gasteiger partial charge in [0.25, 0.3) is 0 Å². The second-order valence-corrected chi connectivity index (χ2v) is 4.42. The maximum absolute atomic E-state index is 11.7. The SMILES string of the molecule is CC(C)c1ccc(C(=O)C2CC2)cc1. The fraction of sp³-hybridized carbons (Fsp3) is 0.462. The lowest BCUT2D eigenvalue weighted by molar-refractivity contribution is 0.0967. The van der Waals surface area contributed by atoms with E-state index in [-0.39, 0.29) is 0 Å². The first-order valence-corrected chi connectivity index (χ1v) is 5.32. The molecule has 1 heteroatoms. The Balaban J connectivity index is 2.16. The van der Waals surface area contributed by atoms with Crippen molar-refractivity contribution in [2.24, 2.45) is 5.92 Å². The van der Waals surface area contributed by atoms with Crippen LogP contribution in [-0.2, 0) is 0 Å². The van der Waals surface area contributed by atoms with Crippen molar-refractivity contribution in [3.05, 3.63) is 35.4 Å². The highest BCUT2D eigenvalue weighted by atomic mass is 16.1. The van der Waals surface area contributed by atoms with Gasteiger partial charge in [0.15, 0.2) is 5.78 Å². The fourth-order valence-electron chi connectivity index (χ4n) is 1.61. The van der Waals surface area contributed by atoms with Gasteiger partial charge < -0.3 is 0 Å². The molecule has 0 aromatic heterocycles. The van der Waals surface area contributed by atoms with Crippen molar-refractivity contribution < 1.29 is 4.79 Å². The molecule has 0 N–H and O–H groups in total. The lowest BCUT2D eigenvalue weighted by Gasteiger charge is -2.05. The van der Waals surface area contributed by atoms with Gasteiger partial charge in [-0.05, 0) is 24.3 Å². The van der Waals surface area contributed by atoms with Crippen LogP contribution in [0.1, 0.15) is 48.5 Å². The number of Topliss-reactive ketones (excluding diaryl/α,β-unsaturated/α-hetero) is 1. The number of benzene rings is 1. The molecule has 1 aromatic rings. The summed E-state index contributed by atoms with van der Waals surface area (Å²) in [6.07, 6.45) is 2.18. The average Bonchev–Trinajstić information content (AvgIpc) is 3.00. The lowest BCUT2D eigenvalue weighted by Crippen LogP contribution is -2.01. The van der Waals surface area contributed by atoms with Gasteiger partial charge in [0.05, 0.1) is 0 Å². The molecule has 1 aromatic carbocycles. The molecule has 1 saturated carbocycles. The fourth-order valence-corrected chi connectivity index (χ4v) is 1.61. The highest BCUT2D eigenvalue weighted by molar-refractivity contribution is 5.99. The summed E-state index contributed by atoms with van der Waals surface area (Å²) in [5.41, 5.74) is 2.19. The van der Waals surface area contributed by atoms with Crippen LogP contribution in [-0.4, -0.2) is 5.78 Å². The zero-order valence-electron chi connectivity index (χ0n) is 8.79. The first-order valence-electron chi connectivity index (χ1n) is 5.32. The molecule has 1 fully saturated rings. The third-order valence-electron chi connectivity index (χ3n) is 2.81. The highest BCUT2D eigenvalue weighted by Crippen LogP contribution is 2.32. The molecule has 0 aliphatic heterocycles. The van der Waals surface area contributed by atoms with E-state index in [1.807, 2.05) is 12.1 Å². The zero-order valence-corrected chi connectivity index (χ0v) is 8.79. The van der Waals surface area contributed by atoms with Crippen molar-refractivity contribution in [1.29, 1.82) is 0 Å². The Morgan fingerprint density at radius 1 is 1.21 bits per heavy atom. The molecule has 2 rings (SSSR count). The number of hydrogen-bond donors (Lipinski definition) is 0. The smallest absolute Gasteiger partial charge is 0.165 e. The summed E-state index contributed by atoms with van der Waals surface area (Å²) in [6, 6.07) is 8.08. The predicted octanol–water partition coefficient (Wildman–Crippen LogP) is 3.40. The van der Waals surface area contributed by atoms with Gasteiger partial charge >= 0.3 is 0 Å². The Hall–Kier alpha value is -1.11. The van der Waals surface area contributed by atoms with Crippen molar-refractivity contribution in [3.63, 3.8) is 0 Å². The molecule has 74 valence electrons. The molecule has 0 amide bonds. The second-order valence-electron chi connectivity index (χ2n) is 4.42. The van der Waals surface area contributed by atoms with Gasteiger partial charge in [0, 0.05) is 11.5 Å². The van der Waals surface area contributed by atoms with E-state index in [0.29, 0.717) is 17.6 Å². The standard InChI is InChI=1S/C13H16O/c1-9(2)10-3-5-11(6-4-10)13(14)12-7-8-12/h3-6,9,12H,7-8H2,1-2H3. The van der Waals surface area contributed by atoms with E-state index >= 15 is 0 Å². The topological polar surface area (TPSA) is 17.1 Å². The van der Waals surface area contributed by atoms with Gasteiger partial charge in [0.1, 0.15) is 0 Å². The Morgan fingerprint density at radius 3 is 2.21 bits per heavy atom. The summed E-state index contributed by atoms with van der Waals surface area (Å²) in [5.74, 6) is 1.21. The van der Waals surface area contributed by atoms with Gasteiger partial charge in [0.2, 0.25) is 0 Å². The van der Waals surface area contributed by atoms with Crippen LogP contribution in [0.15, 0.2) is 24.3 Å². The van der Waals surface area contributed by atoms with Crippen LogP contribution in [0.3, 0.4) is 0 Å². The maximum atomic E-state index is 11.7. The van der Waals surface area contributed by atoms with Crippen LogP contribution in [0.2, 0.25) is 0 Å². The summed E-state index contributed by atoms with van der Waals surface area (Å²) in [4.78, 5) is 11.7. The van der Waals surface area contributed by atoms with Crippen LogP contribution < -0.4 is 0 Å². The molecule has 0 atom stereocenters. The molecule has 0 radical (unpaired) electrons. The van der Waals surface area contributed by atoms with Crippen molar-refractivity contribution in [2.75, 3.05) is 0 Å². The minimum Gasteiger partial charge on any atom is -0.294 e. The minimum absolute atomic E-state index is 0.333. The summed E-state index contributed by atoms with van der Waals surface area (Å²) < 4.78 is 0. The van der Waals surface area contributed by atoms with Gasteiger partial charge in [-0.25, -0.2) is 0 Å². The van der Waals surface area contributed by atoms with Crippen LogP contribution in [0, 0.1) is 5.92 Å². The van der Waals surface area contributed by atoms with E-state index in [4.69, 9.17) is 0 Å². The van der Waals surface area contributed by atoms with E-state index in [2.05, 4.69) is 26.0 Å². The number of carbonyl (C=O) groups excluding carboxylic acids is 1. The molecule has 1 aliphatic rings. The highest BCUT2D eigenvalue weighted by Gasteiger charge is 2.30. The first kappa shape index (κ1) is 9.45. The minimum atomic E-state index is 0.333. The molecule has 1 aliphatic carbocycles. The van der Waals surface area contributed by atoms with Crippen molar-refractivity contribution >= 4 is 5.78 Å². The summed E-state index contributed by atoms with van der Waals surface area (Å²) in [7, 11) is 0. The normalized spacial score (nSPS) is 15.9. The summed E-state index contributed by atoms with van der Waals surface area (Å²) in [6.45, 7) is 4.33.